The van der Waals surface area contributed by atoms with E-state index in [0.29, 0.717) is 0 Å². The summed E-state index contributed by atoms with van der Waals surface area (Å²) in [7, 11) is 0. The Balaban J connectivity index is 0.944. The maximum atomic E-state index is 7.35. The number of rotatable bonds is 9. The van der Waals surface area contributed by atoms with Crippen LogP contribution in [-0.2, 0) is 0 Å². The molecule has 1 aromatic heterocycles. The van der Waals surface area contributed by atoms with Crippen LogP contribution in [0.15, 0.2) is 318 Å². The molecular formula is C78H50B2N4O2S. The second-order valence-corrected chi connectivity index (χ2v) is 23.8. The molecule has 0 spiro atoms. The summed E-state index contributed by atoms with van der Waals surface area (Å²) in [4.78, 5) is 12.2. The Morgan fingerprint density at radius 1 is 0.310 bits per heavy atom. The first-order valence-electron chi connectivity index (χ1n) is 29.7. The van der Waals surface area contributed by atoms with Crippen LogP contribution in [0.5, 0.6) is 11.5 Å². The number of nitrogens with zero attached hydrogens (tertiary/aromatic N) is 4. The molecule has 87 heavy (non-hydrogen) atoms. The van der Waals surface area contributed by atoms with E-state index >= 15 is 0 Å². The summed E-state index contributed by atoms with van der Waals surface area (Å²) in [6, 6.07) is 110. The zero-order chi connectivity index (χ0) is 57.1. The maximum Gasteiger partial charge on any atom is 0.256 e. The summed E-state index contributed by atoms with van der Waals surface area (Å²) in [6.07, 6.45) is 0. The van der Waals surface area contributed by atoms with Gasteiger partial charge in [0.15, 0.2) is 0 Å². The Bertz CT molecular complexity index is 4960. The molecule has 6 nitrogen and oxygen atoms in total. The lowest BCUT2D eigenvalue weighted by atomic mass is 9.31. The summed E-state index contributed by atoms with van der Waals surface area (Å²) >= 11 is 1.88. The minimum Gasteiger partial charge on any atom is -0.458 e. The molecule has 0 saturated heterocycles. The van der Waals surface area contributed by atoms with Gasteiger partial charge in [0, 0.05) is 95.1 Å². The van der Waals surface area contributed by atoms with Crippen molar-refractivity contribution >= 4 is 148 Å². The lowest BCUT2D eigenvalue weighted by molar-refractivity contribution is 0.487. The third-order valence-electron chi connectivity index (χ3n) is 17.9. The molecule has 0 amide bonds. The van der Waals surface area contributed by atoms with E-state index in [1.165, 1.54) is 31.6 Å². The van der Waals surface area contributed by atoms with Crippen LogP contribution in [0.4, 0.5) is 68.2 Å². The van der Waals surface area contributed by atoms with Gasteiger partial charge in [-0.2, -0.15) is 0 Å². The van der Waals surface area contributed by atoms with E-state index < -0.39 is 0 Å². The molecule has 5 heterocycles. The third-order valence-corrected chi connectivity index (χ3v) is 19.0. The van der Waals surface area contributed by atoms with Crippen molar-refractivity contribution in [1.82, 2.24) is 0 Å². The van der Waals surface area contributed by atoms with E-state index in [-0.39, 0.29) is 13.4 Å². The number of hydrogen-bond donors (Lipinski definition) is 0. The zero-order valence-electron chi connectivity index (χ0n) is 47.0. The third kappa shape index (κ3) is 7.86. The van der Waals surface area contributed by atoms with E-state index in [2.05, 4.69) is 323 Å². The van der Waals surface area contributed by atoms with Crippen LogP contribution in [-0.4, -0.2) is 13.4 Å². The van der Waals surface area contributed by atoms with Gasteiger partial charge in [-0.15, -0.1) is 0 Å². The monoisotopic (exact) mass is 1130 g/mol. The van der Waals surface area contributed by atoms with Gasteiger partial charge in [-0.3, -0.25) is 0 Å². The van der Waals surface area contributed by atoms with Crippen molar-refractivity contribution in [1.29, 1.82) is 0 Å². The molecular weight excluding hydrogens is 1080 g/mol. The number of benzene rings is 13. The number of anilines is 12. The molecule has 14 aromatic rings. The van der Waals surface area contributed by atoms with Crippen LogP contribution in [0.25, 0.3) is 33.1 Å². The highest BCUT2D eigenvalue weighted by Gasteiger charge is 2.47. The van der Waals surface area contributed by atoms with Gasteiger partial charge < -0.3 is 28.8 Å². The fourth-order valence-corrected chi connectivity index (χ4v) is 15.4. The zero-order valence-corrected chi connectivity index (χ0v) is 47.9. The smallest absolute Gasteiger partial charge is 0.256 e. The molecule has 0 radical (unpaired) electrons. The van der Waals surface area contributed by atoms with Crippen molar-refractivity contribution in [3.05, 3.63) is 303 Å². The fraction of sp³-hybridized carbons (Fsp3) is 0. The molecule has 0 N–H and O–H groups in total. The van der Waals surface area contributed by atoms with E-state index in [9.17, 15) is 0 Å². The van der Waals surface area contributed by atoms with Crippen LogP contribution in [0.1, 0.15) is 0 Å². The Hall–Kier alpha value is -10.9. The summed E-state index contributed by atoms with van der Waals surface area (Å²) in [6.45, 7) is -0.298. The minimum atomic E-state index is -0.194. The van der Waals surface area contributed by atoms with Gasteiger partial charge in [-0.05, 0) is 142 Å². The lowest BCUT2D eigenvalue weighted by Gasteiger charge is -2.44. The molecule has 406 valence electrons. The molecule has 18 rings (SSSR count). The van der Waals surface area contributed by atoms with Crippen LogP contribution in [0, 0.1) is 0 Å². The topological polar surface area (TPSA) is 35.3 Å². The second kappa shape index (κ2) is 19.9. The average Bonchev–Trinajstić information content (AvgIpc) is 1.03. The number of furan rings is 1. The SMILES string of the molecule is c1ccc(-c2cc3c(cc2N2c4cc5c(cc4B4c6ccccc6Oc6cc(N(c7ccccc7)c7ccccc7)cc2c64)B2c4ccccc4N(c4ccccc4)c4cc(N(c6ccccc6)c6ccccc6)cc(c42)S5)oc2ccccc23)cc1. The molecule has 0 saturated carbocycles. The molecule has 0 atom stereocenters. The molecule has 9 heteroatoms. The van der Waals surface area contributed by atoms with Gasteiger partial charge in [0.05, 0.1) is 11.4 Å². The van der Waals surface area contributed by atoms with Crippen LogP contribution in [0.2, 0.25) is 0 Å². The van der Waals surface area contributed by atoms with Crippen LogP contribution in [0.3, 0.4) is 0 Å². The predicted molar refractivity (Wildman–Crippen MR) is 364 cm³/mol. The van der Waals surface area contributed by atoms with Crippen molar-refractivity contribution in [3.63, 3.8) is 0 Å². The number of hydrogen-bond acceptors (Lipinski definition) is 7. The number of para-hydroxylation sites is 8. The summed E-state index contributed by atoms with van der Waals surface area (Å²) in [5.41, 5.74) is 24.1. The first-order chi connectivity index (χ1) is 43.2. The standard InChI is InChI=1S/C78H50B2N4O2S/c1-7-25-51(26-8-1)60-47-61-59-37-19-23-41-71(59)85-73(61)49-67(60)84-68-50-75-65(48-64(68)80-63-39-21-24-42-72(63)86-74-45-57(43-69(84)77(74)80)81(52-27-9-2-10-28-52)53-29-11-3-12-30-53)79-62-38-20-22-40-66(62)83(56-35-17-6-18-36-56)70-44-58(46-76(87-75)78(70)79)82(54-31-13-4-14-32-54)55-33-15-5-16-34-55/h1-50H. The molecule has 0 aliphatic carbocycles. The normalized spacial score (nSPS) is 13.0. The molecule has 4 aliphatic rings. The van der Waals surface area contributed by atoms with Gasteiger partial charge in [0.2, 0.25) is 6.71 Å². The van der Waals surface area contributed by atoms with Gasteiger partial charge in [-0.1, -0.05) is 199 Å². The fourth-order valence-electron chi connectivity index (χ4n) is 14.2. The molecule has 0 bridgehead atoms. The van der Waals surface area contributed by atoms with Crippen molar-refractivity contribution < 1.29 is 9.15 Å². The van der Waals surface area contributed by atoms with Crippen LogP contribution < -0.4 is 57.1 Å². The van der Waals surface area contributed by atoms with Crippen molar-refractivity contribution in [2.45, 2.75) is 9.79 Å². The molecule has 4 aliphatic heterocycles. The Morgan fingerprint density at radius 2 is 0.851 bits per heavy atom. The number of ether oxygens (including phenoxy) is 1. The van der Waals surface area contributed by atoms with Crippen molar-refractivity contribution in [2.75, 3.05) is 19.6 Å². The van der Waals surface area contributed by atoms with Gasteiger partial charge in [0.1, 0.15) is 22.7 Å². The largest absolute Gasteiger partial charge is 0.458 e. The summed E-state index contributed by atoms with van der Waals surface area (Å²) in [5.74, 6) is 1.67. The Kier molecular flexibility index (Phi) is 11.3. The van der Waals surface area contributed by atoms with Crippen molar-refractivity contribution in [2.24, 2.45) is 0 Å². The van der Waals surface area contributed by atoms with E-state index in [0.717, 1.165) is 124 Å². The number of fused-ring (bicyclic) bond motifs is 11. The predicted octanol–water partition coefficient (Wildman–Crippen LogP) is 17.4. The lowest BCUT2D eigenvalue weighted by Crippen LogP contribution is -2.63. The Labute approximate surface area is 509 Å². The highest BCUT2D eigenvalue weighted by Crippen LogP contribution is 2.52. The summed E-state index contributed by atoms with van der Waals surface area (Å²) in [5, 5.41) is 2.15. The quantitative estimate of drug-likeness (QED) is 0.133. The molecule has 13 aromatic carbocycles. The Morgan fingerprint density at radius 3 is 1.52 bits per heavy atom. The average molecular weight is 1130 g/mol. The highest BCUT2D eigenvalue weighted by atomic mass is 32.2. The molecule has 0 fully saturated rings. The van der Waals surface area contributed by atoms with E-state index in [1.807, 2.05) is 11.8 Å². The van der Waals surface area contributed by atoms with Crippen LogP contribution >= 0.6 is 11.8 Å². The summed E-state index contributed by atoms with van der Waals surface area (Å²) < 4.78 is 14.3. The highest BCUT2D eigenvalue weighted by molar-refractivity contribution is 8.00. The van der Waals surface area contributed by atoms with Gasteiger partial charge >= 0.3 is 0 Å². The van der Waals surface area contributed by atoms with E-state index in [4.69, 9.17) is 9.15 Å². The molecule has 0 unspecified atom stereocenters. The van der Waals surface area contributed by atoms with E-state index in [1.54, 1.807) is 0 Å². The first-order valence-corrected chi connectivity index (χ1v) is 30.5. The second-order valence-electron chi connectivity index (χ2n) is 22.7. The van der Waals surface area contributed by atoms with Gasteiger partial charge in [-0.25, -0.2) is 0 Å². The minimum absolute atomic E-state index is 0.104. The first kappa shape index (κ1) is 49.6. The maximum absolute atomic E-state index is 7.35. The van der Waals surface area contributed by atoms with Crippen molar-refractivity contribution in [3.8, 4) is 22.6 Å². The van der Waals surface area contributed by atoms with Gasteiger partial charge in [0.25, 0.3) is 6.71 Å².